The quantitative estimate of drug-likeness (QED) is 0.495. The fourth-order valence-corrected chi connectivity index (χ4v) is 2.92. The number of hydrogen-bond donors (Lipinski definition) is 3. The number of likely N-dealkylation sites (N-methyl/N-ethyl adjacent to an activating group) is 1. The first-order chi connectivity index (χ1) is 12.6. The minimum absolute atomic E-state index is 0.0327. The van der Waals surface area contributed by atoms with Crippen molar-refractivity contribution in [3.05, 3.63) is 30.3 Å². The van der Waals surface area contributed by atoms with E-state index in [0.29, 0.717) is 19.1 Å². The lowest BCUT2D eigenvalue weighted by Crippen LogP contribution is -2.51. The Kier molecular flexibility index (Phi) is 8.21. The third kappa shape index (κ3) is 6.92. The van der Waals surface area contributed by atoms with Gasteiger partial charge in [0.05, 0.1) is 13.1 Å². The predicted octanol–water partition coefficient (Wildman–Crippen LogP) is 0.829. The van der Waals surface area contributed by atoms with Crippen LogP contribution in [0.2, 0.25) is 0 Å². The summed E-state index contributed by atoms with van der Waals surface area (Å²) in [4.78, 5) is 17.9. The molecule has 1 heterocycles. The molecule has 0 aromatic heterocycles. The number of para-hydroxylation sites is 1. The third-order valence-electron chi connectivity index (χ3n) is 4.44. The molecule has 3 N–H and O–H groups in total. The number of piperidine rings is 1. The molecular formula is C19H31N5O2. The number of nitrogens with zero attached hydrogens (tertiary/aromatic N) is 2. The standard InChI is InChI=1S/C19H31N5O2/c1-15(26-17-7-5-4-6-8-17)13-22-19(21-3)23-16-9-11-24(12-10-16)14-18(25)20-2/h4-8,15-16H,9-14H2,1-3H3,(H,20,25)(H2,21,22,23). The fourth-order valence-electron chi connectivity index (χ4n) is 2.92. The van der Waals surface area contributed by atoms with E-state index in [0.717, 1.165) is 37.6 Å². The molecule has 1 aromatic rings. The van der Waals surface area contributed by atoms with Crippen LogP contribution >= 0.6 is 0 Å². The number of benzene rings is 1. The number of hydrogen-bond acceptors (Lipinski definition) is 4. The lowest BCUT2D eigenvalue weighted by molar-refractivity contribution is -0.122. The van der Waals surface area contributed by atoms with Crippen LogP contribution in [0.1, 0.15) is 19.8 Å². The number of carbonyl (C=O) groups is 1. The largest absolute Gasteiger partial charge is 0.489 e. The van der Waals surface area contributed by atoms with E-state index >= 15 is 0 Å². The van der Waals surface area contributed by atoms with Gasteiger partial charge in [0.25, 0.3) is 0 Å². The summed E-state index contributed by atoms with van der Waals surface area (Å²) in [6.45, 7) is 5.00. The molecule has 144 valence electrons. The Morgan fingerprint density at radius 1 is 1.31 bits per heavy atom. The van der Waals surface area contributed by atoms with Gasteiger partial charge in [0.15, 0.2) is 5.96 Å². The van der Waals surface area contributed by atoms with Crippen LogP contribution in [0, 0.1) is 0 Å². The van der Waals surface area contributed by atoms with E-state index in [1.807, 2.05) is 37.3 Å². The van der Waals surface area contributed by atoms with E-state index in [1.165, 1.54) is 0 Å². The lowest BCUT2D eigenvalue weighted by Gasteiger charge is -2.32. The van der Waals surface area contributed by atoms with Crippen molar-refractivity contribution in [2.45, 2.75) is 31.9 Å². The molecule has 1 atom stereocenters. The number of rotatable bonds is 7. The van der Waals surface area contributed by atoms with Crippen LogP contribution in [0.25, 0.3) is 0 Å². The molecule has 1 fully saturated rings. The van der Waals surface area contributed by atoms with Gasteiger partial charge in [0.1, 0.15) is 11.9 Å². The van der Waals surface area contributed by atoms with Gasteiger partial charge >= 0.3 is 0 Å². The topological polar surface area (TPSA) is 78.0 Å². The SMILES string of the molecule is CN=C(NCC(C)Oc1ccccc1)NC1CCN(CC(=O)NC)CC1. The molecule has 2 rings (SSSR count). The first kappa shape index (κ1) is 20.0. The first-order valence-electron chi connectivity index (χ1n) is 9.22. The molecule has 0 bridgehead atoms. The number of carbonyl (C=O) groups excluding carboxylic acids is 1. The Balaban J connectivity index is 1.69. The molecule has 1 aliphatic rings. The van der Waals surface area contributed by atoms with E-state index in [9.17, 15) is 4.79 Å². The fraction of sp³-hybridized carbons (Fsp3) is 0.579. The molecule has 0 aliphatic carbocycles. The number of amides is 1. The average molecular weight is 361 g/mol. The van der Waals surface area contributed by atoms with Crippen LogP contribution in [0.4, 0.5) is 0 Å². The summed E-state index contributed by atoms with van der Waals surface area (Å²) < 4.78 is 5.87. The molecule has 0 saturated carbocycles. The summed E-state index contributed by atoms with van der Waals surface area (Å²) in [5, 5.41) is 9.47. The highest BCUT2D eigenvalue weighted by atomic mass is 16.5. The predicted molar refractivity (Wildman–Crippen MR) is 105 cm³/mol. The van der Waals surface area contributed by atoms with Crippen molar-refractivity contribution >= 4 is 11.9 Å². The highest BCUT2D eigenvalue weighted by molar-refractivity contribution is 5.80. The zero-order valence-corrected chi connectivity index (χ0v) is 16.0. The second-order valence-electron chi connectivity index (χ2n) is 6.56. The van der Waals surface area contributed by atoms with Crippen LogP contribution in [0.15, 0.2) is 35.3 Å². The highest BCUT2D eigenvalue weighted by Crippen LogP contribution is 2.11. The number of ether oxygens (including phenoxy) is 1. The Bertz CT molecular complexity index is 571. The van der Waals surface area contributed by atoms with E-state index in [-0.39, 0.29) is 12.0 Å². The lowest BCUT2D eigenvalue weighted by atomic mass is 10.1. The molecule has 0 radical (unpaired) electrons. The average Bonchev–Trinajstić information content (AvgIpc) is 2.67. The van der Waals surface area contributed by atoms with Gasteiger partial charge in [-0.1, -0.05) is 18.2 Å². The van der Waals surface area contributed by atoms with Crippen molar-refractivity contribution < 1.29 is 9.53 Å². The Morgan fingerprint density at radius 3 is 2.62 bits per heavy atom. The Morgan fingerprint density at radius 2 is 2.00 bits per heavy atom. The second-order valence-corrected chi connectivity index (χ2v) is 6.56. The summed E-state index contributed by atoms with van der Waals surface area (Å²) in [5.41, 5.74) is 0. The highest BCUT2D eigenvalue weighted by Gasteiger charge is 2.21. The summed E-state index contributed by atoms with van der Waals surface area (Å²) in [6, 6.07) is 10.2. The van der Waals surface area contributed by atoms with Gasteiger partial charge in [-0.05, 0) is 31.9 Å². The minimum Gasteiger partial charge on any atom is -0.489 e. The van der Waals surface area contributed by atoms with Crippen molar-refractivity contribution in [3.63, 3.8) is 0 Å². The van der Waals surface area contributed by atoms with E-state index in [1.54, 1.807) is 14.1 Å². The maximum absolute atomic E-state index is 11.5. The molecular weight excluding hydrogens is 330 g/mol. The zero-order chi connectivity index (χ0) is 18.8. The van der Waals surface area contributed by atoms with E-state index in [4.69, 9.17) is 4.74 Å². The van der Waals surface area contributed by atoms with Gasteiger partial charge in [-0.2, -0.15) is 0 Å². The number of nitrogens with one attached hydrogen (secondary N) is 3. The van der Waals surface area contributed by atoms with Gasteiger partial charge < -0.3 is 20.7 Å². The second kappa shape index (κ2) is 10.7. The van der Waals surface area contributed by atoms with Crippen molar-refractivity contribution in [1.29, 1.82) is 0 Å². The Labute approximate surface area is 156 Å². The van der Waals surface area contributed by atoms with Crippen molar-refractivity contribution in [2.24, 2.45) is 4.99 Å². The van der Waals surface area contributed by atoms with Crippen LogP contribution in [0.5, 0.6) is 5.75 Å². The zero-order valence-electron chi connectivity index (χ0n) is 16.0. The molecule has 7 heteroatoms. The molecule has 1 saturated heterocycles. The van der Waals surface area contributed by atoms with Gasteiger partial charge in [-0.3, -0.25) is 14.7 Å². The number of aliphatic imine (C=N–C) groups is 1. The maximum Gasteiger partial charge on any atom is 0.233 e. The van der Waals surface area contributed by atoms with Crippen molar-refractivity contribution in [1.82, 2.24) is 20.9 Å². The maximum atomic E-state index is 11.5. The molecule has 1 aliphatic heterocycles. The summed E-state index contributed by atoms with van der Waals surface area (Å²) in [7, 11) is 3.45. The van der Waals surface area contributed by atoms with Gasteiger partial charge in [-0.25, -0.2) is 0 Å². The molecule has 1 aromatic carbocycles. The van der Waals surface area contributed by atoms with Crippen LogP contribution in [0.3, 0.4) is 0 Å². The molecule has 1 amide bonds. The minimum atomic E-state index is 0.0327. The normalized spacial score (nSPS) is 17.4. The number of likely N-dealkylation sites (tertiary alicyclic amines) is 1. The summed E-state index contributed by atoms with van der Waals surface area (Å²) >= 11 is 0. The molecule has 0 spiro atoms. The smallest absolute Gasteiger partial charge is 0.233 e. The van der Waals surface area contributed by atoms with Crippen LogP contribution in [-0.2, 0) is 4.79 Å². The van der Waals surface area contributed by atoms with E-state index < -0.39 is 0 Å². The molecule has 26 heavy (non-hydrogen) atoms. The van der Waals surface area contributed by atoms with Crippen molar-refractivity contribution in [3.8, 4) is 5.75 Å². The van der Waals surface area contributed by atoms with Gasteiger partial charge in [0.2, 0.25) is 5.91 Å². The summed E-state index contributed by atoms with van der Waals surface area (Å²) in [5.74, 6) is 1.73. The first-order valence-corrected chi connectivity index (χ1v) is 9.22. The van der Waals surface area contributed by atoms with Crippen molar-refractivity contribution in [2.75, 3.05) is 40.3 Å². The Hall–Kier alpha value is -2.28. The number of guanidine groups is 1. The van der Waals surface area contributed by atoms with Crippen LogP contribution in [-0.4, -0.2) is 69.2 Å². The summed E-state index contributed by atoms with van der Waals surface area (Å²) in [6.07, 6.45) is 2.02. The molecule has 1 unspecified atom stereocenters. The van der Waals surface area contributed by atoms with E-state index in [2.05, 4.69) is 25.8 Å². The molecule has 7 nitrogen and oxygen atoms in total. The van der Waals surface area contributed by atoms with Gasteiger partial charge in [-0.15, -0.1) is 0 Å². The third-order valence-corrected chi connectivity index (χ3v) is 4.44. The monoisotopic (exact) mass is 361 g/mol. The van der Waals surface area contributed by atoms with Crippen LogP contribution < -0.4 is 20.7 Å². The van der Waals surface area contributed by atoms with Gasteiger partial charge in [0, 0.05) is 33.2 Å².